The van der Waals surface area contributed by atoms with Gasteiger partial charge in [0.1, 0.15) is 12.1 Å². The molecule has 0 aliphatic rings. The molecule has 24 heavy (non-hydrogen) atoms. The van der Waals surface area contributed by atoms with Crippen molar-refractivity contribution in [3.05, 3.63) is 0 Å². The number of nitrogens with one attached hydrogen (secondary N) is 1. The number of aliphatic carboxylic acids is 1. The lowest BCUT2D eigenvalue weighted by atomic mass is 10.2. The highest BCUT2D eigenvalue weighted by Gasteiger charge is 2.18. The molecule has 1 amide bonds. The van der Waals surface area contributed by atoms with Crippen LogP contribution in [0.2, 0.25) is 0 Å². The maximum Gasteiger partial charge on any atom is 0.407 e. The quantitative estimate of drug-likeness (QED) is 0.405. The van der Waals surface area contributed by atoms with E-state index >= 15 is 0 Å². The first kappa shape index (κ1) is 22.6. The molecular formula is C16H33N2O6+. The van der Waals surface area contributed by atoms with E-state index in [4.69, 9.17) is 19.3 Å². The summed E-state index contributed by atoms with van der Waals surface area (Å²) in [4.78, 5) is 21.9. The average molecular weight is 349 g/mol. The standard InChI is InChI=1S/C16H32N2O6/c1-16(2,3)24-15(21)17-7-8-18(4,5)9-11-23-13-12-22-10-6-14(19)20/h6-13H2,1-5H3,(H-,17,19,20,21)/p+1. The first-order chi connectivity index (χ1) is 11.0. The summed E-state index contributed by atoms with van der Waals surface area (Å²) in [6.45, 7) is 9.18. The van der Waals surface area contributed by atoms with Crippen LogP contribution in [0, 0.1) is 0 Å². The molecule has 8 heteroatoms. The van der Waals surface area contributed by atoms with Gasteiger partial charge < -0.3 is 29.1 Å². The zero-order chi connectivity index (χ0) is 18.6. The summed E-state index contributed by atoms with van der Waals surface area (Å²) in [5.41, 5.74) is -0.491. The minimum atomic E-state index is -0.866. The molecule has 0 bridgehead atoms. The zero-order valence-corrected chi connectivity index (χ0v) is 15.6. The van der Waals surface area contributed by atoms with Gasteiger partial charge in [0.05, 0.1) is 60.0 Å². The maximum absolute atomic E-state index is 11.6. The highest BCUT2D eigenvalue weighted by Crippen LogP contribution is 2.06. The summed E-state index contributed by atoms with van der Waals surface area (Å²) >= 11 is 0. The largest absolute Gasteiger partial charge is 0.481 e. The molecule has 0 aromatic carbocycles. The predicted octanol–water partition coefficient (Wildman–Crippen LogP) is 1.10. The minimum absolute atomic E-state index is 0.00850. The van der Waals surface area contributed by atoms with E-state index in [0.29, 0.717) is 30.8 Å². The van der Waals surface area contributed by atoms with E-state index in [0.717, 1.165) is 13.1 Å². The van der Waals surface area contributed by atoms with Crippen LogP contribution in [0.1, 0.15) is 27.2 Å². The van der Waals surface area contributed by atoms with Gasteiger partial charge >= 0.3 is 12.1 Å². The van der Waals surface area contributed by atoms with E-state index in [1.807, 2.05) is 20.8 Å². The van der Waals surface area contributed by atoms with E-state index in [1.165, 1.54) is 0 Å². The predicted molar refractivity (Wildman–Crippen MR) is 90.0 cm³/mol. The number of ether oxygens (including phenoxy) is 3. The lowest BCUT2D eigenvalue weighted by Crippen LogP contribution is -2.47. The number of likely N-dealkylation sites (N-methyl/N-ethyl adjacent to an activating group) is 1. The smallest absolute Gasteiger partial charge is 0.407 e. The molecule has 0 aromatic heterocycles. The Morgan fingerprint density at radius 1 is 1.00 bits per heavy atom. The summed E-state index contributed by atoms with van der Waals surface area (Å²) in [7, 11) is 4.12. The molecule has 0 rings (SSSR count). The Bertz CT molecular complexity index is 379. The fraction of sp³-hybridized carbons (Fsp3) is 0.875. The van der Waals surface area contributed by atoms with E-state index < -0.39 is 17.7 Å². The Balaban J connectivity index is 3.64. The van der Waals surface area contributed by atoms with Gasteiger partial charge in [0.2, 0.25) is 0 Å². The van der Waals surface area contributed by atoms with Crippen molar-refractivity contribution >= 4 is 12.1 Å². The van der Waals surface area contributed by atoms with Crippen LogP contribution >= 0.6 is 0 Å². The van der Waals surface area contributed by atoms with Gasteiger partial charge in [-0.05, 0) is 20.8 Å². The maximum atomic E-state index is 11.6. The molecule has 142 valence electrons. The number of carbonyl (C=O) groups excluding carboxylic acids is 1. The van der Waals surface area contributed by atoms with Crippen molar-refractivity contribution in [1.82, 2.24) is 5.32 Å². The van der Waals surface area contributed by atoms with Gasteiger partial charge in [-0.25, -0.2) is 4.79 Å². The van der Waals surface area contributed by atoms with Gasteiger partial charge in [-0.3, -0.25) is 4.79 Å². The number of amides is 1. The first-order valence-corrected chi connectivity index (χ1v) is 8.18. The van der Waals surface area contributed by atoms with Crippen LogP contribution < -0.4 is 5.32 Å². The van der Waals surface area contributed by atoms with Crippen LogP contribution in [0.25, 0.3) is 0 Å². The third-order valence-corrected chi connectivity index (χ3v) is 3.06. The Morgan fingerprint density at radius 2 is 1.58 bits per heavy atom. The van der Waals surface area contributed by atoms with Crippen molar-refractivity contribution in [3.63, 3.8) is 0 Å². The third kappa shape index (κ3) is 15.5. The van der Waals surface area contributed by atoms with Crippen LogP contribution in [0.5, 0.6) is 0 Å². The Labute approximate surface area is 144 Å². The summed E-state index contributed by atoms with van der Waals surface area (Å²) in [6.07, 6.45) is -0.397. The Kier molecular flexibility index (Phi) is 10.6. The second kappa shape index (κ2) is 11.2. The van der Waals surface area contributed by atoms with Crippen molar-refractivity contribution in [2.45, 2.75) is 32.8 Å². The van der Waals surface area contributed by atoms with Crippen LogP contribution in [-0.2, 0) is 19.0 Å². The average Bonchev–Trinajstić information content (AvgIpc) is 2.39. The Morgan fingerprint density at radius 3 is 2.12 bits per heavy atom. The van der Waals surface area contributed by atoms with Crippen LogP contribution in [0.3, 0.4) is 0 Å². The summed E-state index contributed by atoms with van der Waals surface area (Å²) in [5, 5.41) is 11.2. The van der Waals surface area contributed by atoms with E-state index in [9.17, 15) is 9.59 Å². The van der Waals surface area contributed by atoms with Crippen molar-refractivity contribution < 1.29 is 33.4 Å². The summed E-state index contributed by atoms with van der Waals surface area (Å²) < 4.78 is 16.5. The number of rotatable bonds is 12. The number of carboxylic acid groups (broad SMARTS) is 1. The van der Waals surface area contributed by atoms with Gasteiger partial charge in [-0.15, -0.1) is 0 Å². The highest BCUT2D eigenvalue weighted by atomic mass is 16.6. The van der Waals surface area contributed by atoms with Crippen molar-refractivity contribution in [1.29, 1.82) is 0 Å². The fourth-order valence-electron chi connectivity index (χ4n) is 1.68. The molecule has 0 spiro atoms. The number of quaternary nitrogens is 1. The number of carboxylic acids is 1. The van der Waals surface area contributed by atoms with E-state index in [1.54, 1.807) is 0 Å². The molecule has 0 atom stereocenters. The summed E-state index contributed by atoms with van der Waals surface area (Å²) in [6, 6.07) is 0. The SMILES string of the molecule is CC(C)(C)OC(=O)NCC[N+](C)(C)CCOCCOCCC(=O)O. The van der Waals surface area contributed by atoms with Crippen molar-refractivity contribution in [2.24, 2.45) is 0 Å². The number of nitrogens with zero attached hydrogens (tertiary/aromatic N) is 1. The zero-order valence-electron chi connectivity index (χ0n) is 15.6. The monoisotopic (exact) mass is 349 g/mol. The van der Waals surface area contributed by atoms with E-state index in [-0.39, 0.29) is 13.0 Å². The molecule has 0 aliphatic carbocycles. The highest BCUT2D eigenvalue weighted by molar-refractivity contribution is 5.67. The first-order valence-electron chi connectivity index (χ1n) is 8.18. The van der Waals surface area contributed by atoms with Crippen LogP contribution in [0.15, 0.2) is 0 Å². The van der Waals surface area contributed by atoms with Gasteiger partial charge in [0.25, 0.3) is 0 Å². The van der Waals surface area contributed by atoms with Crippen molar-refractivity contribution in [3.8, 4) is 0 Å². The third-order valence-electron chi connectivity index (χ3n) is 3.06. The molecule has 0 saturated carbocycles. The normalized spacial score (nSPS) is 12.0. The van der Waals surface area contributed by atoms with E-state index in [2.05, 4.69) is 19.4 Å². The second-order valence-electron chi connectivity index (χ2n) is 7.18. The molecule has 0 aromatic rings. The topological polar surface area (TPSA) is 94.1 Å². The molecule has 8 nitrogen and oxygen atoms in total. The molecule has 0 radical (unpaired) electrons. The molecular weight excluding hydrogens is 316 g/mol. The summed E-state index contributed by atoms with van der Waals surface area (Å²) in [5.74, 6) is -0.866. The second-order valence-corrected chi connectivity index (χ2v) is 7.18. The molecule has 0 heterocycles. The lowest BCUT2D eigenvalue weighted by molar-refractivity contribution is -0.889. The molecule has 2 N–H and O–H groups in total. The number of alkyl carbamates (subject to hydrolysis) is 1. The van der Waals surface area contributed by atoms with Crippen molar-refractivity contribution in [2.75, 3.05) is 60.2 Å². The number of carbonyl (C=O) groups is 2. The van der Waals surface area contributed by atoms with Crippen LogP contribution in [-0.4, -0.2) is 87.4 Å². The van der Waals surface area contributed by atoms with Gasteiger partial charge in [0, 0.05) is 0 Å². The van der Waals surface area contributed by atoms with Gasteiger partial charge in [-0.1, -0.05) is 0 Å². The molecule has 0 fully saturated rings. The Hall–Kier alpha value is -1.38. The number of hydrogen-bond donors (Lipinski definition) is 2. The molecule has 0 saturated heterocycles. The lowest BCUT2D eigenvalue weighted by Gasteiger charge is -2.30. The molecule has 0 aliphatic heterocycles. The molecule has 0 unspecified atom stereocenters. The van der Waals surface area contributed by atoms with Gasteiger partial charge in [-0.2, -0.15) is 0 Å². The fourth-order valence-corrected chi connectivity index (χ4v) is 1.68. The number of hydrogen-bond acceptors (Lipinski definition) is 5. The van der Waals surface area contributed by atoms with Gasteiger partial charge in [0.15, 0.2) is 0 Å². The van der Waals surface area contributed by atoms with Crippen LogP contribution in [0.4, 0.5) is 4.79 Å². The minimum Gasteiger partial charge on any atom is -0.481 e.